The van der Waals surface area contributed by atoms with Crippen molar-refractivity contribution >= 4 is 17.3 Å². The Morgan fingerprint density at radius 3 is 2.89 bits per heavy atom. The third-order valence-electron chi connectivity index (χ3n) is 2.37. The van der Waals surface area contributed by atoms with Crippen LogP contribution in [0.3, 0.4) is 0 Å². The number of nitro benzene ring substituents is 1. The molecule has 0 aliphatic carbocycles. The van der Waals surface area contributed by atoms with E-state index < -0.39 is 4.92 Å². The molecule has 0 atom stereocenters. The van der Waals surface area contributed by atoms with Gasteiger partial charge in [-0.25, -0.2) is 0 Å². The number of hydrogen-bond acceptors (Lipinski definition) is 5. The van der Waals surface area contributed by atoms with Gasteiger partial charge in [-0.15, -0.1) is 0 Å². The van der Waals surface area contributed by atoms with Gasteiger partial charge in [-0.05, 0) is 6.07 Å². The number of methoxy groups -OCH3 is 1. The Hall–Kier alpha value is -2.15. The fourth-order valence-corrected chi connectivity index (χ4v) is 1.43. The number of nitrogens with zero attached hydrogens (tertiary/aromatic N) is 1. The van der Waals surface area contributed by atoms with E-state index in [1.54, 1.807) is 19.2 Å². The third kappa shape index (κ3) is 5.82. The minimum Gasteiger partial charge on any atom is -0.384 e. The van der Waals surface area contributed by atoms with Gasteiger partial charge in [0.25, 0.3) is 5.69 Å². The number of nitrogens with one attached hydrogen (secondary N) is 2. The number of rotatable bonds is 8. The van der Waals surface area contributed by atoms with Gasteiger partial charge in [0.05, 0.1) is 11.5 Å². The predicted molar refractivity (Wildman–Crippen MR) is 71.1 cm³/mol. The summed E-state index contributed by atoms with van der Waals surface area (Å²) in [7, 11) is 1.57. The van der Waals surface area contributed by atoms with Crippen molar-refractivity contribution in [3.05, 3.63) is 34.4 Å². The maximum Gasteiger partial charge on any atom is 0.271 e. The van der Waals surface area contributed by atoms with Crippen molar-refractivity contribution in [3.63, 3.8) is 0 Å². The molecule has 7 nitrogen and oxygen atoms in total. The van der Waals surface area contributed by atoms with E-state index in [0.717, 1.165) is 0 Å². The summed E-state index contributed by atoms with van der Waals surface area (Å²) in [5, 5.41) is 16.2. The van der Waals surface area contributed by atoms with Crippen LogP contribution in [0.5, 0.6) is 0 Å². The minimum absolute atomic E-state index is 0.0227. The number of benzene rings is 1. The molecular formula is C12H17N3O4. The summed E-state index contributed by atoms with van der Waals surface area (Å²) in [5.74, 6) is -0.0880. The van der Waals surface area contributed by atoms with E-state index in [1.807, 2.05) is 0 Å². The third-order valence-corrected chi connectivity index (χ3v) is 2.37. The second kappa shape index (κ2) is 8.04. The van der Waals surface area contributed by atoms with Crippen molar-refractivity contribution in [3.8, 4) is 0 Å². The maximum atomic E-state index is 11.4. The molecule has 2 N–H and O–H groups in total. The van der Waals surface area contributed by atoms with E-state index in [4.69, 9.17) is 4.74 Å². The van der Waals surface area contributed by atoms with Gasteiger partial charge in [0.2, 0.25) is 5.91 Å². The molecule has 0 saturated carbocycles. The molecule has 1 aromatic rings. The van der Waals surface area contributed by atoms with Crippen molar-refractivity contribution in [2.75, 3.05) is 32.1 Å². The summed E-state index contributed by atoms with van der Waals surface area (Å²) in [6.45, 7) is 1.37. The molecule has 7 heteroatoms. The van der Waals surface area contributed by atoms with Crippen molar-refractivity contribution in [1.82, 2.24) is 5.32 Å². The number of carbonyl (C=O) groups is 1. The van der Waals surface area contributed by atoms with Crippen molar-refractivity contribution in [2.24, 2.45) is 0 Å². The molecule has 1 rings (SSSR count). The Morgan fingerprint density at radius 2 is 2.21 bits per heavy atom. The number of carbonyl (C=O) groups excluding carboxylic acids is 1. The molecule has 0 aromatic heterocycles. The molecular weight excluding hydrogens is 250 g/mol. The van der Waals surface area contributed by atoms with Crippen LogP contribution in [0.1, 0.15) is 6.42 Å². The van der Waals surface area contributed by atoms with Crippen LogP contribution in [-0.4, -0.2) is 37.6 Å². The summed E-state index contributed by atoms with van der Waals surface area (Å²) in [5.41, 5.74) is 0.647. The summed E-state index contributed by atoms with van der Waals surface area (Å²) in [6, 6.07) is 6.17. The second-order valence-corrected chi connectivity index (χ2v) is 3.83. The second-order valence-electron chi connectivity index (χ2n) is 3.83. The zero-order chi connectivity index (χ0) is 14.1. The van der Waals surface area contributed by atoms with Crippen LogP contribution < -0.4 is 10.6 Å². The Balaban J connectivity index is 2.31. The van der Waals surface area contributed by atoms with Crippen LogP contribution in [0, 0.1) is 10.1 Å². The number of amides is 1. The fourth-order valence-electron chi connectivity index (χ4n) is 1.43. The Kier molecular flexibility index (Phi) is 6.31. The Bertz CT molecular complexity index is 437. The average Bonchev–Trinajstić information content (AvgIpc) is 2.39. The number of nitro groups is 1. The molecule has 0 bridgehead atoms. The predicted octanol–water partition coefficient (Wildman–Crippen LogP) is 1.16. The van der Waals surface area contributed by atoms with Crippen molar-refractivity contribution < 1.29 is 14.5 Å². The largest absolute Gasteiger partial charge is 0.384 e. The van der Waals surface area contributed by atoms with E-state index in [-0.39, 0.29) is 11.6 Å². The highest BCUT2D eigenvalue weighted by Crippen LogP contribution is 2.16. The van der Waals surface area contributed by atoms with Gasteiger partial charge in [-0.2, -0.15) is 0 Å². The first-order valence-corrected chi connectivity index (χ1v) is 5.87. The fraction of sp³-hybridized carbons (Fsp3) is 0.417. The molecule has 1 amide bonds. The summed E-state index contributed by atoms with van der Waals surface area (Å²) >= 11 is 0. The van der Waals surface area contributed by atoms with Gasteiger partial charge in [-0.1, -0.05) is 6.07 Å². The molecule has 0 radical (unpaired) electrons. The molecule has 0 spiro atoms. The lowest BCUT2D eigenvalue weighted by Gasteiger charge is -2.07. The number of anilines is 1. The number of non-ortho nitro benzene ring substituents is 1. The molecule has 0 unspecified atom stereocenters. The molecule has 19 heavy (non-hydrogen) atoms. The zero-order valence-corrected chi connectivity index (χ0v) is 10.7. The SMILES string of the molecule is COCCNC(=O)CCNc1cccc([N+](=O)[O-])c1. The lowest BCUT2D eigenvalue weighted by molar-refractivity contribution is -0.384. The molecule has 104 valence electrons. The lowest BCUT2D eigenvalue weighted by Crippen LogP contribution is -2.28. The molecule has 0 aliphatic heterocycles. The van der Waals surface area contributed by atoms with Gasteiger partial charge >= 0.3 is 0 Å². The van der Waals surface area contributed by atoms with Crippen LogP contribution in [-0.2, 0) is 9.53 Å². The van der Waals surface area contributed by atoms with E-state index in [2.05, 4.69) is 10.6 Å². The van der Waals surface area contributed by atoms with Crippen molar-refractivity contribution in [2.45, 2.75) is 6.42 Å². The first-order valence-electron chi connectivity index (χ1n) is 5.87. The average molecular weight is 267 g/mol. The number of hydrogen-bond donors (Lipinski definition) is 2. The first-order chi connectivity index (χ1) is 9.13. The summed E-state index contributed by atoms with van der Waals surface area (Å²) < 4.78 is 4.81. The highest BCUT2D eigenvalue weighted by molar-refractivity contribution is 5.76. The van der Waals surface area contributed by atoms with Crippen LogP contribution in [0.15, 0.2) is 24.3 Å². The van der Waals surface area contributed by atoms with Crippen LogP contribution in [0.25, 0.3) is 0 Å². The monoisotopic (exact) mass is 267 g/mol. The van der Waals surface area contributed by atoms with Gasteiger partial charge in [0.15, 0.2) is 0 Å². The van der Waals surface area contributed by atoms with Crippen LogP contribution >= 0.6 is 0 Å². The zero-order valence-electron chi connectivity index (χ0n) is 10.7. The summed E-state index contributed by atoms with van der Waals surface area (Å²) in [6.07, 6.45) is 0.298. The molecule has 0 aliphatic rings. The van der Waals surface area contributed by atoms with E-state index in [1.165, 1.54) is 12.1 Å². The molecule has 0 heterocycles. The van der Waals surface area contributed by atoms with Gasteiger partial charge < -0.3 is 15.4 Å². The lowest BCUT2D eigenvalue weighted by atomic mass is 10.2. The van der Waals surface area contributed by atoms with E-state index in [0.29, 0.717) is 31.8 Å². The summed E-state index contributed by atoms with van der Waals surface area (Å²) in [4.78, 5) is 21.5. The number of ether oxygens (including phenoxy) is 1. The van der Waals surface area contributed by atoms with Crippen LogP contribution in [0.2, 0.25) is 0 Å². The van der Waals surface area contributed by atoms with Gasteiger partial charge in [-0.3, -0.25) is 14.9 Å². The minimum atomic E-state index is -0.456. The standard InChI is InChI=1S/C12H17N3O4/c1-19-8-7-14-12(16)5-6-13-10-3-2-4-11(9-10)15(17)18/h2-4,9,13H,5-8H2,1H3,(H,14,16). The quantitative estimate of drug-likeness (QED) is 0.419. The Morgan fingerprint density at radius 1 is 1.42 bits per heavy atom. The normalized spacial score (nSPS) is 9.95. The Labute approximate surface area is 111 Å². The molecule has 0 saturated heterocycles. The maximum absolute atomic E-state index is 11.4. The first kappa shape index (κ1) is 14.9. The van der Waals surface area contributed by atoms with E-state index in [9.17, 15) is 14.9 Å². The van der Waals surface area contributed by atoms with Gasteiger partial charge in [0.1, 0.15) is 0 Å². The van der Waals surface area contributed by atoms with Crippen molar-refractivity contribution in [1.29, 1.82) is 0 Å². The van der Waals surface area contributed by atoms with E-state index >= 15 is 0 Å². The van der Waals surface area contributed by atoms with Crippen LogP contribution in [0.4, 0.5) is 11.4 Å². The van der Waals surface area contributed by atoms with Gasteiger partial charge in [0, 0.05) is 44.4 Å². The molecule has 0 fully saturated rings. The highest BCUT2D eigenvalue weighted by Gasteiger charge is 2.05. The molecule has 1 aromatic carbocycles. The topological polar surface area (TPSA) is 93.5 Å². The highest BCUT2D eigenvalue weighted by atomic mass is 16.6. The smallest absolute Gasteiger partial charge is 0.271 e.